The van der Waals surface area contributed by atoms with Crippen molar-refractivity contribution in [2.24, 2.45) is 0 Å². The molecule has 2 aromatic rings. The molecule has 19 heavy (non-hydrogen) atoms. The molecule has 1 heterocycles. The topological polar surface area (TPSA) is 89.4 Å². The lowest BCUT2D eigenvalue weighted by Gasteiger charge is -2.08. The van der Waals surface area contributed by atoms with Crippen molar-refractivity contribution in [1.82, 2.24) is 5.16 Å². The van der Waals surface area contributed by atoms with Crippen LogP contribution in [0.4, 0.5) is 5.69 Å². The highest BCUT2D eigenvalue weighted by Gasteiger charge is 2.26. The average molecular weight is 283 g/mol. The zero-order valence-corrected chi connectivity index (χ0v) is 10.8. The Kier molecular flexibility index (Phi) is 3.82. The largest absolute Gasteiger partial charge is 0.388 e. The number of aromatic nitrogens is 1. The highest BCUT2D eigenvalue weighted by Crippen LogP contribution is 2.28. The first-order valence-corrected chi connectivity index (χ1v) is 5.90. The van der Waals surface area contributed by atoms with E-state index < -0.39 is 11.0 Å². The molecule has 0 spiro atoms. The maximum atomic E-state index is 10.9. The molecule has 0 fully saturated rings. The molecule has 0 saturated carbocycles. The van der Waals surface area contributed by atoms with Gasteiger partial charge in [0.2, 0.25) is 5.76 Å². The fourth-order valence-corrected chi connectivity index (χ4v) is 1.88. The molecule has 6 nitrogen and oxygen atoms in total. The van der Waals surface area contributed by atoms with Crippen molar-refractivity contribution in [2.45, 2.75) is 19.4 Å². The van der Waals surface area contributed by atoms with Crippen LogP contribution in [0.3, 0.4) is 0 Å². The first kappa shape index (κ1) is 13.5. The number of aliphatic hydroxyl groups excluding tert-OH is 1. The molecule has 100 valence electrons. The standard InChI is InChI=1S/C12H11ClN2O4/c1-7-12(15(17)18)11(19-14-7)6-10(16)8-2-4-9(13)5-3-8/h2-5,10,16H,6H2,1H3. The van der Waals surface area contributed by atoms with Crippen LogP contribution in [0, 0.1) is 17.0 Å². The number of rotatable bonds is 4. The third-order valence-corrected chi connectivity index (χ3v) is 2.97. The van der Waals surface area contributed by atoms with Crippen molar-refractivity contribution in [1.29, 1.82) is 0 Å². The first-order chi connectivity index (χ1) is 8.99. The second-order valence-corrected chi connectivity index (χ2v) is 4.50. The molecule has 0 aliphatic carbocycles. The van der Waals surface area contributed by atoms with Crippen molar-refractivity contribution in [2.75, 3.05) is 0 Å². The van der Waals surface area contributed by atoms with E-state index in [4.69, 9.17) is 16.1 Å². The first-order valence-electron chi connectivity index (χ1n) is 5.52. The summed E-state index contributed by atoms with van der Waals surface area (Å²) in [6, 6.07) is 6.59. The second-order valence-electron chi connectivity index (χ2n) is 4.07. The number of hydrogen-bond donors (Lipinski definition) is 1. The Morgan fingerprint density at radius 3 is 2.68 bits per heavy atom. The van der Waals surface area contributed by atoms with Gasteiger partial charge < -0.3 is 9.63 Å². The van der Waals surface area contributed by atoms with Crippen LogP contribution in [0.2, 0.25) is 5.02 Å². The minimum absolute atomic E-state index is 0.0151. The van der Waals surface area contributed by atoms with Crippen LogP contribution in [-0.2, 0) is 6.42 Å². The third-order valence-electron chi connectivity index (χ3n) is 2.72. The normalized spacial score (nSPS) is 12.4. The summed E-state index contributed by atoms with van der Waals surface area (Å²) < 4.78 is 4.89. The van der Waals surface area contributed by atoms with Gasteiger partial charge in [-0.3, -0.25) is 10.1 Å². The Balaban J connectivity index is 2.21. The number of hydrogen-bond acceptors (Lipinski definition) is 5. The van der Waals surface area contributed by atoms with Crippen molar-refractivity contribution >= 4 is 17.3 Å². The van der Waals surface area contributed by atoms with E-state index in [9.17, 15) is 15.2 Å². The summed E-state index contributed by atoms with van der Waals surface area (Å²) >= 11 is 5.75. The van der Waals surface area contributed by atoms with E-state index in [1.807, 2.05) is 0 Å². The monoisotopic (exact) mass is 282 g/mol. The number of nitrogens with zero attached hydrogens (tertiary/aromatic N) is 2. The minimum Gasteiger partial charge on any atom is -0.388 e. The summed E-state index contributed by atoms with van der Waals surface area (Å²) in [6.07, 6.45) is -0.929. The molecule has 1 aromatic carbocycles. The maximum Gasteiger partial charge on any atom is 0.334 e. The summed E-state index contributed by atoms with van der Waals surface area (Å²) in [7, 11) is 0. The minimum atomic E-state index is -0.914. The van der Waals surface area contributed by atoms with Crippen LogP contribution in [0.15, 0.2) is 28.8 Å². The van der Waals surface area contributed by atoms with Gasteiger partial charge in [0, 0.05) is 11.4 Å². The number of halogens is 1. The van der Waals surface area contributed by atoms with Crippen LogP contribution in [0.25, 0.3) is 0 Å². The van der Waals surface area contributed by atoms with Gasteiger partial charge in [0.25, 0.3) is 0 Å². The van der Waals surface area contributed by atoms with Gasteiger partial charge in [0.05, 0.1) is 11.0 Å². The zero-order chi connectivity index (χ0) is 14.0. The molecule has 1 aromatic heterocycles. The van der Waals surface area contributed by atoms with Crippen LogP contribution < -0.4 is 0 Å². The van der Waals surface area contributed by atoms with E-state index in [0.717, 1.165) is 0 Å². The summed E-state index contributed by atoms with van der Waals surface area (Å²) in [5.74, 6) is 0.0601. The van der Waals surface area contributed by atoms with Crippen molar-refractivity contribution in [3.05, 3.63) is 56.4 Å². The predicted octanol–water partition coefficient (Wildman–Crippen LogP) is 2.82. The molecule has 0 radical (unpaired) electrons. The van der Waals surface area contributed by atoms with E-state index in [2.05, 4.69) is 5.16 Å². The van der Waals surface area contributed by atoms with E-state index >= 15 is 0 Å². The Hall–Kier alpha value is -1.92. The van der Waals surface area contributed by atoms with E-state index in [-0.39, 0.29) is 23.6 Å². The summed E-state index contributed by atoms with van der Waals surface area (Å²) in [5.41, 5.74) is 0.615. The molecule has 7 heteroatoms. The van der Waals surface area contributed by atoms with Crippen LogP contribution in [0.5, 0.6) is 0 Å². The fraction of sp³-hybridized carbons (Fsp3) is 0.250. The van der Waals surface area contributed by atoms with Crippen LogP contribution >= 0.6 is 11.6 Å². The Morgan fingerprint density at radius 1 is 1.47 bits per heavy atom. The van der Waals surface area contributed by atoms with Crippen molar-refractivity contribution in [3.63, 3.8) is 0 Å². The lowest BCUT2D eigenvalue weighted by molar-refractivity contribution is -0.386. The number of aryl methyl sites for hydroxylation is 1. The number of benzene rings is 1. The molecule has 1 unspecified atom stereocenters. The van der Waals surface area contributed by atoms with Gasteiger partial charge in [-0.2, -0.15) is 0 Å². The van der Waals surface area contributed by atoms with E-state index in [1.54, 1.807) is 24.3 Å². The SMILES string of the molecule is Cc1noc(CC(O)c2ccc(Cl)cc2)c1[N+](=O)[O-]. The lowest BCUT2D eigenvalue weighted by Crippen LogP contribution is -2.03. The highest BCUT2D eigenvalue weighted by molar-refractivity contribution is 6.30. The van der Waals surface area contributed by atoms with Crippen LogP contribution in [-0.4, -0.2) is 15.2 Å². The molecule has 2 rings (SSSR count). The zero-order valence-electron chi connectivity index (χ0n) is 10.0. The molecular formula is C12H11ClN2O4. The van der Waals surface area contributed by atoms with Gasteiger partial charge in [-0.25, -0.2) is 0 Å². The van der Waals surface area contributed by atoms with Crippen molar-refractivity contribution < 1.29 is 14.6 Å². The smallest absolute Gasteiger partial charge is 0.334 e. The van der Waals surface area contributed by atoms with Gasteiger partial charge >= 0.3 is 5.69 Å². The molecule has 1 atom stereocenters. The van der Waals surface area contributed by atoms with E-state index in [1.165, 1.54) is 6.92 Å². The molecule has 0 saturated heterocycles. The average Bonchev–Trinajstić information content (AvgIpc) is 2.71. The summed E-state index contributed by atoms with van der Waals surface area (Å²) in [4.78, 5) is 10.3. The molecular weight excluding hydrogens is 272 g/mol. The molecule has 0 aliphatic heterocycles. The van der Waals surface area contributed by atoms with Gasteiger partial charge in [0.15, 0.2) is 5.69 Å². The van der Waals surface area contributed by atoms with E-state index in [0.29, 0.717) is 10.6 Å². The third kappa shape index (κ3) is 2.91. The van der Waals surface area contributed by atoms with Gasteiger partial charge in [-0.15, -0.1) is 0 Å². The molecule has 0 amide bonds. The quantitative estimate of drug-likeness (QED) is 0.688. The lowest BCUT2D eigenvalue weighted by atomic mass is 10.0. The Labute approximate surface area is 113 Å². The predicted molar refractivity (Wildman–Crippen MR) is 68.0 cm³/mol. The van der Waals surface area contributed by atoms with Gasteiger partial charge in [0.1, 0.15) is 0 Å². The van der Waals surface area contributed by atoms with Gasteiger partial charge in [-0.1, -0.05) is 28.9 Å². The fourth-order valence-electron chi connectivity index (χ4n) is 1.76. The molecule has 0 bridgehead atoms. The number of nitro groups is 1. The van der Waals surface area contributed by atoms with Gasteiger partial charge in [-0.05, 0) is 24.6 Å². The second kappa shape index (κ2) is 5.38. The highest BCUT2D eigenvalue weighted by atomic mass is 35.5. The summed E-state index contributed by atoms with van der Waals surface area (Å²) in [6.45, 7) is 1.49. The van der Waals surface area contributed by atoms with Crippen molar-refractivity contribution in [3.8, 4) is 0 Å². The Morgan fingerprint density at radius 2 is 2.11 bits per heavy atom. The Bertz CT molecular complexity index is 594. The maximum absolute atomic E-state index is 10.9. The molecule has 0 aliphatic rings. The molecule has 1 N–H and O–H groups in total. The summed E-state index contributed by atoms with van der Waals surface area (Å²) in [5, 5.41) is 25.0. The number of aliphatic hydroxyl groups is 1. The van der Waals surface area contributed by atoms with Crippen LogP contribution in [0.1, 0.15) is 23.1 Å².